The van der Waals surface area contributed by atoms with E-state index >= 15 is 0 Å². The zero-order chi connectivity index (χ0) is 20.3. The second kappa shape index (κ2) is 8.22. The maximum Gasteiger partial charge on any atom is 0.261 e. The highest BCUT2D eigenvalue weighted by atomic mass is 35.5. The minimum Gasteiger partial charge on any atom is -0.319 e. The number of hydrogen-bond donors (Lipinski definition) is 2. The van der Waals surface area contributed by atoms with Gasteiger partial charge in [-0.05, 0) is 48.9 Å². The van der Waals surface area contributed by atoms with Crippen molar-refractivity contribution in [3.05, 3.63) is 87.9 Å². The average Bonchev–Trinajstić information content (AvgIpc) is 2.67. The number of anilines is 2. The lowest BCUT2D eigenvalue weighted by molar-refractivity contribution is 0.102. The van der Waals surface area contributed by atoms with Crippen molar-refractivity contribution in [1.82, 2.24) is 0 Å². The number of hydrogen-bond acceptors (Lipinski definition) is 3. The smallest absolute Gasteiger partial charge is 0.261 e. The van der Waals surface area contributed by atoms with Gasteiger partial charge in [-0.25, -0.2) is 8.42 Å². The van der Waals surface area contributed by atoms with Crippen molar-refractivity contribution < 1.29 is 13.2 Å². The van der Waals surface area contributed by atoms with Crippen LogP contribution in [0.4, 0.5) is 11.4 Å². The Kier molecular flexibility index (Phi) is 5.93. The van der Waals surface area contributed by atoms with Crippen LogP contribution < -0.4 is 10.0 Å². The number of rotatable bonds is 5. The molecule has 3 rings (SSSR count). The summed E-state index contributed by atoms with van der Waals surface area (Å²) >= 11 is 12.2. The summed E-state index contributed by atoms with van der Waals surface area (Å²) in [6, 6.07) is 17.6. The predicted octanol–water partition coefficient (Wildman–Crippen LogP) is 5.35. The molecule has 0 aliphatic heterocycles. The first kappa shape index (κ1) is 20.2. The Labute approximate surface area is 173 Å². The monoisotopic (exact) mass is 434 g/mol. The van der Waals surface area contributed by atoms with E-state index in [0.29, 0.717) is 27.0 Å². The zero-order valence-electron chi connectivity index (χ0n) is 14.7. The molecule has 8 heteroatoms. The van der Waals surface area contributed by atoms with Crippen LogP contribution in [0.25, 0.3) is 0 Å². The number of carbonyl (C=O) groups excluding carboxylic acids is 1. The maximum absolute atomic E-state index is 12.6. The third-order valence-electron chi connectivity index (χ3n) is 4.00. The van der Waals surface area contributed by atoms with Gasteiger partial charge < -0.3 is 5.32 Å². The summed E-state index contributed by atoms with van der Waals surface area (Å²) in [6.07, 6.45) is 0. The summed E-state index contributed by atoms with van der Waals surface area (Å²) in [7, 11) is -3.77. The molecule has 0 aromatic heterocycles. The number of carbonyl (C=O) groups is 1. The molecule has 0 saturated heterocycles. The van der Waals surface area contributed by atoms with Gasteiger partial charge in [0, 0.05) is 5.56 Å². The summed E-state index contributed by atoms with van der Waals surface area (Å²) in [5, 5.41) is 3.26. The SMILES string of the molecule is Cc1ccc(C(=O)Nc2c(Cl)cccc2Cl)cc1NS(=O)(=O)c1ccccc1. The Bertz CT molecular complexity index is 1110. The maximum atomic E-state index is 12.6. The second-order valence-corrected chi connectivity index (χ2v) is 8.50. The first-order valence-corrected chi connectivity index (χ1v) is 10.5. The number of aryl methyl sites for hydroxylation is 1. The van der Waals surface area contributed by atoms with E-state index in [4.69, 9.17) is 23.2 Å². The van der Waals surface area contributed by atoms with E-state index in [2.05, 4.69) is 10.0 Å². The Balaban J connectivity index is 1.88. The van der Waals surface area contributed by atoms with Crippen LogP contribution in [0, 0.1) is 6.92 Å². The van der Waals surface area contributed by atoms with Crippen molar-refractivity contribution in [3.8, 4) is 0 Å². The highest BCUT2D eigenvalue weighted by Crippen LogP contribution is 2.30. The van der Waals surface area contributed by atoms with E-state index in [9.17, 15) is 13.2 Å². The van der Waals surface area contributed by atoms with Crippen LogP contribution in [0.15, 0.2) is 71.6 Å². The molecule has 0 aliphatic rings. The molecule has 0 heterocycles. The molecule has 28 heavy (non-hydrogen) atoms. The number of nitrogens with one attached hydrogen (secondary N) is 2. The normalized spacial score (nSPS) is 11.1. The largest absolute Gasteiger partial charge is 0.319 e. The molecule has 0 aliphatic carbocycles. The van der Waals surface area contributed by atoms with Gasteiger partial charge in [-0.1, -0.05) is 53.5 Å². The lowest BCUT2D eigenvalue weighted by Gasteiger charge is -2.13. The minimum absolute atomic E-state index is 0.132. The summed E-state index contributed by atoms with van der Waals surface area (Å²) in [4.78, 5) is 12.7. The quantitative estimate of drug-likeness (QED) is 0.567. The molecular formula is C20H16Cl2N2O3S. The summed E-state index contributed by atoms with van der Waals surface area (Å²) < 4.78 is 27.7. The first-order valence-electron chi connectivity index (χ1n) is 8.22. The Morgan fingerprint density at radius 2 is 1.54 bits per heavy atom. The molecule has 0 radical (unpaired) electrons. The molecule has 0 spiro atoms. The molecule has 0 atom stereocenters. The number of halogens is 2. The summed E-state index contributed by atoms with van der Waals surface area (Å²) in [5.74, 6) is -0.463. The molecule has 1 amide bonds. The summed E-state index contributed by atoms with van der Waals surface area (Å²) in [6.45, 7) is 1.75. The van der Waals surface area contributed by atoms with E-state index in [1.165, 1.54) is 18.2 Å². The van der Waals surface area contributed by atoms with E-state index in [-0.39, 0.29) is 10.5 Å². The van der Waals surface area contributed by atoms with Crippen LogP contribution in [0.2, 0.25) is 10.0 Å². The lowest BCUT2D eigenvalue weighted by Crippen LogP contribution is -2.16. The zero-order valence-corrected chi connectivity index (χ0v) is 17.1. The van der Waals surface area contributed by atoms with Crippen LogP contribution in [0.3, 0.4) is 0 Å². The number of para-hydroxylation sites is 1. The van der Waals surface area contributed by atoms with Crippen LogP contribution in [-0.2, 0) is 10.0 Å². The Morgan fingerprint density at radius 3 is 2.18 bits per heavy atom. The van der Waals surface area contributed by atoms with E-state index in [1.54, 1.807) is 55.5 Å². The average molecular weight is 435 g/mol. The number of benzene rings is 3. The van der Waals surface area contributed by atoms with Gasteiger partial charge in [-0.15, -0.1) is 0 Å². The minimum atomic E-state index is -3.77. The van der Waals surface area contributed by atoms with Crippen LogP contribution in [-0.4, -0.2) is 14.3 Å². The highest BCUT2D eigenvalue weighted by Gasteiger charge is 2.17. The van der Waals surface area contributed by atoms with Crippen molar-refractivity contribution in [2.45, 2.75) is 11.8 Å². The second-order valence-electron chi connectivity index (χ2n) is 6.00. The fourth-order valence-corrected chi connectivity index (χ4v) is 4.11. The van der Waals surface area contributed by atoms with Crippen molar-refractivity contribution in [2.24, 2.45) is 0 Å². The van der Waals surface area contributed by atoms with Gasteiger partial charge in [-0.2, -0.15) is 0 Å². The number of sulfonamides is 1. The van der Waals surface area contributed by atoms with E-state index in [1.807, 2.05) is 0 Å². The van der Waals surface area contributed by atoms with Gasteiger partial charge >= 0.3 is 0 Å². The van der Waals surface area contributed by atoms with Gasteiger partial charge in [0.25, 0.3) is 15.9 Å². The number of amides is 1. The molecule has 144 valence electrons. The van der Waals surface area contributed by atoms with Gasteiger partial charge in [0.15, 0.2) is 0 Å². The molecule has 0 bridgehead atoms. The molecule has 0 unspecified atom stereocenters. The molecule has 0 saturated carbocycles. The van der Waals surface area contributed by atoms with Gasteiger partial charge in [0.05, 0.1) is 26.3 Å². The van der Waals surface area contributed by atoms with Crippen molar-refractivity contribution in [1.29, 1.82) is 0 Å². The topological polar surface area (TPSA) is 75.3 Å². The third-order valence-corrected chi connectivity index (χ3v) is 6.01. The predicted molar refractivity (Wildman–Crippen MR) is 113 cm³/mol. The van der Waals surface area contributed by atoms with Crippen molar-refractivity contribution >= 4 is 50.5 Å². The Morgan fingerprint density at radius 1 is 0.893 bits per heavy atom. The standard InChI is InChI=1S/C20H16Cl2N2O3S/c1-13-10-11-14(20(25)23-19-16(21)8-5-9-17(19)22)12-18(13)24-28(26,27)15-6-3-2-4-7-15/h2-12,24H,1H3,(H,23,25). The third kappa shape index (κ3) is 4.47. The first-order chi connectivity index (χ1) is 13.3. The molecule has 5 nitrogen and oxygen atoms in total. The van der Waals surface area contributed by atoms with Crippen LogP contribution in [0.1, 0.15) is 15.9 Å². The van der Waals surface area contributed by atoms with Crippen LogP contribution >= 0.6 is 23.2 Å². The Hall–Kier alpha value is -2.54. The van der Waals surface area contributed by atoms with Crippen molar-refractivity contribution in [2.75, 3.05) is 10.0 Å². The van der Waals surface area contributed by atoms with Crippen LogP contribution in [0.5, 0.6) is 0 Å². The fraction of sp³-hybridized carbons (Fsp3) is 0.0500. The lowest BCUT2D eigenvalue weighted by atomic mass is 10.1. The summed E-state index contributed by atoms with van der Waals surface area (Å²) in [5.41, 5.74) is 1.53. The van der Waals surface area contributed by atoms with Gasteiger partial charge in [-0.3, -0.25) is 9.52 Å². The van der Waals surface area contributed by atoms with Gasteiger partial charge in [0.2, 0.25) is 0 Å². The molecule has 3 aromatic rings. The molecule has 2 N–H and O–H groups in total. The van der Waals surface area contributed by atoms with Gasteiger partial charge in [0.1, 0.15) is 0 Å². The van der Waals surface area contributed by atoms with E-state index < -0.39 is 15.9 Å². The fourth-order valence-electron chi connectivity index (χ4n) is 2.48. The van der Waals surface area contributed by atoms with Crippen molar-refractivity contribution in [3.63, 3.8) is 0 Å². The highest BCUT2D eigenvalue weighted by molar-refractivity contribution is 7.92. The molecular weight excluding hydrogens is 419 g/mol. The molecule has 0 fully saturated rings. The molecule has 3 aromatic carbocycles. The van der Waals surface area contributed by atoms with E-state index in [0.717, 1.165) is 0 Å².